The SMILES string of the molecule is COc1ccc(CC(CC(=O)OC(C)(C)C)C(C)O)cc1OC. The fourth-order valence-electron chi connectivity index (χ4n) is 2.32. The van der Waals surface area contributed by atoms with Crippen molar-refractivity contribution in [2.24, 2.45) is 5.92 Å². The van der Waals surface area contributed by atoms with E-state index in [1.54, 1.807) is 21.1 Å². The third-order valence-electron chi connectivity index (χ3n) is 3.48. The van der Waals surface area contributed by atoms with Gasteiger partial charge < -0.3 is 19.3 Å². The molecule has 0 bridgehead atoms. The van der Waals surface area contributed by atoms with Gasteiger partial charge in [0.15, 0.2) is 11.5 Å². The molecule has 1 aromatic rings. The number of benzene rings is 1. The number of hydrogen-bond donors (Lipinski definition) is 1. The molecule has 1 N–H and O–H groups in total. The second-order valence-corrected chi connectivity index (χ2v) is 6.68. The lowest BCUT2D eigenvalue weighted by Gasteiger charge is -2.24. The van der Waals surface area contributed by atoms with E-state index in [-0.39, 0.29) is 18.3 Å². The van der Waals surface area contributed by atoms with Gasteiger partial charge in [0.25, 0.3) is 0 Å². The molecule has 5 heteroatoms. The Balaban J connectivity index is 2.82. The van der Waals surface area contributed by atoms with Gasteiger partial charge in [-0.15, -0.1) is 0 Å². The predicted octanol–water partition coefficient (Wildman–Crippen LogP) is 2.98. The van der Waals surface area contributed by atoms with Crippen molar-refractivity contribution in [3.63, 3.8) is 0 Å². The van der Waals surface area contributed by atoms with Gasteiger partial charge in [-0.2, -0.15) is 0 Å². The van der Waals surface area contributed by atoms with Crippen LogP contribution in [0.15, 0.2) is 18.2 Å². The highest BCUT2D eigenvalue weighted by atomic mass is 16.6. The smallest absolute Gasteiger partial charge is 0.306 e. The van der Waals surface area contributed by atoms with Crippen molar-refractivity contribution in [3.05, 3.63) is 23.8 Å². The first kappa shape index (κ1) is 19.3. The van der Waals surface area contributed by atoms with Crippen LogP contribution in [0, 0.1) is 5.92 Å². The first-order valence-electron chi connectivity index (χ1n) is 7.77. The van der Waals surface area contributed by atoms with Gasteiger partial charge in [0, 0.05) is 0 Å². The number of rotatable bonds is 7. The summed E-state index contributed by atoms with van der Waals surface area (Å²) in [6, 6.07) is 5.59. The van der Waals surface area contributed by atoms with Crippen LogP contribution in [0.4, 0.5) is 0 Å². The Morgan fingerprint density at radius 1 is 1.17 bits per heavy atom. The molecule has 0 spiro atoms. The molecule has 0 radical (unpaired) electrons. The van der Waals surface area contributed by atoms with E-state index in [0.29, 0.717) is 17.9 Å². The average Bonchev–Trinajstić information content (AvgIpc) is 2.44. The zero-order valence-corrected chi connectivity index (χ0v) is 14.9. The second kappa shape index (κ2) is 8.20. The molecular formula is C18H28O5. The molecule has 0 fully saturated rings. The quantitative estimate of drug-likeness (QED) is 0.781. The summed E-state index contributed by atoms with van der Waals surface area (Å²) in [7, 11) is 3.16. The molecule has 0 aromatic heterocycles. The highest BCUT2D eigenvalue weighted by Crippen LogP contribution is 2.29. The normalized spacial score (nSPS) is 14.0. The Morgan fingerprint density at radius 3 is 2.26 bits per heavy atom. The number of carbonyl (C=O) groups excluding carboxylic acids is 1. The Kier molecular flexibility index (Phi) is 6.88. The van der Waals surface area contributed by atoms with Crippen molar-refractivity contribution in [1.29, 1.82) is 0 Å². The van der Waals surface area contributed by atoms with Crippen LogP contribution in [0.1, 0.15) is 39.7 Å². The summed E-state index contributed by atoms with van der Waals surface area (Å²) in [6.45, 7) is 7.18. The van der Waals surface area contributed by atoms with E-state index in [4.69, 9.17) is 14.2 Å². The average molecular weight is 324 g/mol. The maximum Gasteiger partial charge on any atom is 0.306 e. The summed E-state index contributed by atoms with van der Waals surface area (Å²) in [4.78, 5) is 12.0. The lowest BCUT2D eigenvalue weighted by Crippen LogP contribution is -2.29. The van der Waals surface area contributed by atoms with E-state index in [1.807, 2.05) is 39.0 Å². The third kappa shape index (κ3) is 6.48. The van der Waals surface area contributed by atoms with Crippen LogP contribution in [-0.2, 0) is 16.0 Å². The van der Waals surface area contributed by atoms with Gasteiger partial charge in [-0.1, -0.05) is 6.07 Å². The zero-order chi connectivity index (χ0) is 17.6. The predicted molar refractivity (Wildman–Crippen MR) is 88.9 cm³/mol. The minimum Gasteiger partial charge on any atom is -0.493 e. The minimum atomic E-state index is -0.615. The Labute approximate surface area is 138 Å². The van der Waals surface area contributed by atoms with Crippen molar-refractivity contribution in [2.75, 3.05) is 14.2 Å². The number of ether oxygens (including phenoxy) is 3. The van der Waals surface area contributed by atoms with Crippen molar-refractivity contribution < 1.29 is 24.1 Å². The van der Waals surface area contributed by atoms with E-state index >= 15 is 0 Å². The van der Waals surface area contributed by atoms with Crippen molar-refractivity contribution in [3.8, 4) is 11.5 Å². The first-order valence-corrected chi connectivity index (χ1v) is 7.77. The van der Waals surface area contributed by atoms with Crippen LogP contribution in [0.5, 0.6) is 11.5 Å². The topological polar surface area (TPSA) is 65.0 Å². The number of methoxy groups -OCH3 is 2. The highest BCUT2D eigenvalue weighted by molar-refractivity contribution is 5.70. The van der Waals surface area contributed by atoms with E-state index in [0.717, 1.165) is 5.56 Å². The van der Waals surface area contributed by atoms with Crippen LogP contribution in [0.2, 0.25) is 0 Å². The highest BCUT2D eigenvalue weighted by Gasteiger charge is 2.24. The summed E-state index contributed by atoms with van der Waals surface area (Å²) < 4.78 is 15.8. The molecule has 23 heavy (non-hydrogen) atoms. The zero-order valence-electron chi connectivity index (χ0n) is 14.9. The summed E-state index contributed by atoms with van der Waals surface area (Å²) in [5, 5.41) is 9.98. The van der Waals surface area contributed by atoms with E-state index in [9.17, 15) is 9.90 Å². The molecule has 130 valence electrons. The number of aliphatic hydroxyl groups is 1. The first-order chi connectivity index (χ1) is 10.7. The van der Waals surface area contributed by atoms with Crippen LogP contribution in [-0.4, -0.2) is 37.0 Å². The van der Waals surface area contributed by atoms with Gasteiger partial charge in [0.2, 0.25) is 0 Å². The molecule has 5 nitrogen and oxygen atoms in total. The van der Waals surface area contributed by atoms with Gasteiger partial charge in [-0.25, -0.2) is 0 Å². The maximum atomic E-state index is 12.0. The van der Waals surface area contributed by atoms with Crippen LogP contribution in [0.25, 0.3) is 0 Å². The van der Waals surface area contributed by atoms with E-state index < -0.39 is 11.7 Å². The third-order valence-corrected chi connectivity index (χ3v) is 3.48. The fourth-order valence-corrected chi connectivity index (χ4v) is 2.32. The van der Waals surface area contributed by atoms with E-state index in [1.165, 1.54) is 0 Å². The molecule has 1 rings (SSSR count). The van der Waals surface area contributed by atoms with Crippen molar-refractivity contribution in [2.45, 2.75) is 52.2 Å². The van der Waals surface area contributed by atoms with Crippen molar-refractivity contribution >= 4 is 5.97 Å². The number of carbonyl (C=O) groups is 1. The molecule has 0 heterocycles. The Bertz CT molecular complexity index is 517. The molecular weight excluding hydrogens is 296 g/mol. The lowest BCUT2D eigenvalue weighted by atomic mass is 9.91. The summed E-state index contributed by atoms with van der Waals surface area (Å²) in [5.41, 5.74) is 0.445. The minimum absolute atomic E-state index is 0.170. The summed E-state index contributed by atoms with van der Waals surface area (Å²) in [6.07, 6.45) is 0.108. The van der Waals surface area contributed by atoms with Crippen molar-refractivity contribution in [1.82, 2.24) is 0 Å². The fraction of sp³-hybridized carbons (Fsp3) is 0.611. The maximum absolute atomic E-state index is 12.0. The molecule has 2 unspecified atom stereocenters. The summed E-state index contributed by atoms with van der Waals surface area (Å²) in [5.74, 6) is 0.760. The van der Waals surface area contributed by atoms with Crippen LogP contribution < -0.4 is 9.47 Å². The van der Waals surface area contributed by atoms with Gasteiger partial charge >= 0.3 is 5.97 Å². The molecule has 0 aliphatic rings. The number of esters is 1. The Morgan fingerprint density at radius 2 is 1.78 bits per heavy atom. The molecule has 0 aliphatic heterocycles. The lowest BCUT2D eigenvalue weighted by molar-refractivity contribution is -0.156. The van der Waals surface area contributed by atoms with Gasteiger partial charge in [-0.05, 0) is 57.7 Å². The molecule has 0 aliphatic carbocycles. The van der Waals surface area contributed by atoms with Crippen LogP contribution in [0.3, 0.4) is 0 Å². The monoisotopic (exact) mass is 324 g/mol. The molecule has 0 saturated heterocycles. The van der Waals surface area contributed by atoms with Gasteiger partial charge in [0.1, 0.15) is 5.60 Å². The number of aliphatic hydroxyl groups excluding tert-OH is 1. The largest absolute Gasteiger partial charge is 0.493 e. The molecule has 2 atom stereocenters. The molecule has 0 saturated carbocycles. The van der Waals surface area contributed by atoms with Crippen LogP contribution >= 0.6 is 0 Å². The van der Waals surface area contributed by atoms with E-state index in [2.05, 4.69) is 0 Å². The van der Waals surface area contributed by atoms with Gasteiger partial charge in [0.05, 0.1) is 26.7 Å². The number of hydrogen-bond acceptors (Lipinski definition) is 5. The molecule has 1 aromatic carbocycles. The van der Waals surface area contributed by atoms with Gasteiger partial charge in [-0.3, -0.25) is 4.79 Å². The standard InChI is InChI=1S/C18H28O5/c1-12(19)14(11-17(20)23-18(2,3)4)9-13-7-8-15(21-5)16(10-13)22-6/h7-8,10,12,14,19H,9,11H2,1-6H3. The summed E-state index contributed by atoms with van der Waals surface area (Å²) >= 11 is 0. The second-order valence-electron chi connectivity index (χ2n) is 6.68. The Hall–Kier alpha value is -1.75. The molecule has 0 amide bonds.